The Labute approximate surface area is 135 Å². The van der Waals surface area contributed by atoms with Crippen molar-refractivity contribution in [2.75, 3.05) is 13.2 Å². The first-order chi connectivity index (χ1) is 11.6. The summed E-state index contributed by atoms with van der Waals surface area (Å²) in [5, 5.41) is 6.19. The molecule has 0 saturated carbocycles. The molecule has 0 bridgehead atoms. The lowest BCUT2D eigenvalue weighted by atomic mass is 10.00. The summed E-state index contributed by atoms with van der Waals surface area (Å²) in [5.74, 6) is -4.69. The van der Waals surface area contributed by atoms with E-state index >= 15 is 0 Å². The van der Waals surface area contributed by atoms with Gasteiger partial charge in [-0.2, -0.15) is 4.98 Å². The van der Waals surface area contributed by atoms with Crippen molar-refractivity contribution in [3.05, 3.63) is 46.9 Å². The van der Waals surface area contributed by atoms with Crippen LogP contribution in [-0.2, 0) is 11.3 Å². The zero-order valence-electron chi connectivity index (χ0n) is 12.5. The minimum absolute atomic E-state index is 0.135. The van der Waals surface area contributed by atoms with Crippen LogP contribution in [0, 0.1) is 17.5 Å². The maximum Gasteiger partial charge on any atom is 0.254 e. The number of halogens is 3. The van der Waals surface area contributed by atoms with Crippen molar-refractivity contribution in [2.24, 2.45) is 0 Å². The molecule has 1 fully saturated rings. The van der Waals surface area contributed by atoms with E-state index in [2.05, 4.69) is 15.5 Å². The van der Waals surface area contributed by atoms with Gasteiger partial charge in [0.2, 0.25) is 5.89 Å². The van der Waals surface area contributed by atoms with Gasteiger partial charge >= 0.3 is 0 Å². The molecule has 0 aliphatic carbocycles. The Balaban J connectivity index is 1.62. The molecule has 0 unspecified atom stereocenters. The first-order valence-electron chi connectivity index (χ1n) is 7.38. The second-order valence-electron chi connectivity index (χ2n) is 5.34. The fourth-order valence-electron chi connectivity index (χ4n) is 2.41. The van der Waals surface area contributed by atoms with Crippen molar-refractivity contribution in [1.82, 2.24) is 15.5 Å². The summed E-state index contributed by atoms with van der Waals surface area (Å²) in [6, 6.07) is 1.55. The van der Waals surface area contributed by atoms with Crippen LogP contribution in [0.5, 0.6) is 0 Å². The molecule has 9 heteroatoms. The summed E-state index contributed by atoms with van der Waals surface area (Å²) < 4.78 is 49.8. The number of hydrogen-bond acceptors (Lipinski definition) is 5. The van der Waals surface area contributed by atoms with E-state index in [1.807, 2.05) is 0 Å². The molecule has 0 radical (unpaired) electrons. The average Bonchev–Trinajstić information content (AvgIpc) is 3.07. The number of benzene rings is 1. The van der Waals surface area contributed by atoms with Gasteiger partial charge in [-0.3, -0.25) is 4.79 Å². The molecule has 1 amide bonds. The molecular weight excluding hydrogens is 327 g/mol. The monoisotopic (exact) mass is 341 g/mol. The smallest absolute Gasteiger partial charge is 0.254 e. The molecule has 6 nitrogen and oxygen atoms in total. The van der Waals surface area contributed by atoms with Crippen LogP contribution in [0.3, 0.4) is 0 Å². The average molecular weight is 341 g/mol. The molecule has 24 heavy (non-hydrogen) atoms. The van der Waals surface area contributed by atoms with Crippen LogP contribution >= 0.6 is 0 Å². The van der Waals surface area contributed by atoms with Gasteiger partial charge in [0.15, 0.2) is 23.3 Å². The predicted octanol–water partition coefficient (Wildman–Crippen LogP) is 2.31. The molecule has 1 aromatic carbocycles. The molecule has 0 spiro atoms. The van der Waals surface area contributed by atoms with E-state index in [1.165, 1.54) is 0 Å². The number of hydrogen-bond donors (Lipinski definition) is 1. The summed E-state index contributed by atoms with van der Waals surface area (Å²) in [4.78, 5) is 16.0. The van der Waals surface area contributed by atoms with Crippen molar-refractivity contribution < 1.29 is 27.2 Å². The first kappa shape index (κ1) is 16.4. The summed E-state index contributed by atoms with van der Waals surface area (Å²) in [7, 11) is 0. The third-order valence-electron chi connectivity index (χ3n) is 3.75. The maximum atomic E-state index is 13.5. The highest BCUT2D eigenvalue weighted by Gasteiger charge is 2.22. The number of nitrogens with zero attached hydrogens (tertiary/aromatic N) is 2. The number of rotatable bonds is 4. The standard InChI is InChI=1S/C15H14F3N3O3/c16-10-2-1-9(12(17)13(10)18)15(22)19-7-11-20-14(21-24-11)8-3-5-23-6-4-8/h1-2,8H,3-7H2,(H,19,22). The highest BCUT2D eigenvalue weighted by Crippen LogP contribution is 2.24. The summed E-state index contributed by atoms with van der Waals surface area (Å²) >= 11 is 0. The molecule has 1 N–H and O–H groups in total. The quantitative estimate of drug-likeness (QED) is 0.864. The first-order valence-corrected chi connectivity index (χ1v) is 7.38. The lowest BCUT2D eigenvalue weighted by Crippen LogP contribution is -2.24. The predicted molar refractivity (Wildman–Crippen MR) is 74.6 cm³/mol. The molecule has 0 atom stereocenters. The van der Waals surface area contributed by atoms with E-state index in [1.54, 1.807) is 0 Å². The Morgan fingerprint density at radius 2 is 1.96 bits per heavy atom. The zero-order valence-corrected chi connectivity index (χ0v) is 12.5. The van der Waals surface area contributed by atoms with Crippen molar-refractivity contribution in [1.29, 1.82) is 0 Å². The van der Waals surface area contributed by atoms with Gasteiger partial charge in [-0.05, 0) is 25.0 Å². The number of amides is 1. The highest BCUT2D eigenvalue weighted by atomic mass is 19.2. The van der Waals surface area contributed by atoms with Crippen molar-refractivity contribution in [2.45, 2.75) is 25.3 Å². The SMILES string of the molecule is O=C(NCc1nc(C2CCOCC2)no1)c1ccc(F)c(F)c1F. The summed E-state index contributed by atoms with van der Waals surface area (Å²) in [5.41, 5.74) is -0.599. The Bertz CT molecular complexity index is 745. The lowest BCUT2D eigenvalue weighted by Gasteiger charge is -2.18. The minimum atomic E-state index is -1.69. The fraction of sp³-hybridized carbons (Fsp3) is 0.400. The van der Waals surface area contributed by atoms with Gasteiger partial charge < -0.3 is 14.6 Å². The number of ether oxygens (including phenoxy) is 1. The Kier molecular flexibility index (Phi) is 4.79. The van der Waals surface area contributed by atoms with Crippen LogP contribution in [0.15, 0.2) is 16.7 Å². The van der Waals surface area contributed by atoms with Crippen LogP contribution in [0.25, 0.3) is 0 Å². The van der Waals surface area contributed by atoms with Crippen LogP contribution in [0.2, 0.25) is 0 Å². The molecule has 2 aromatic rings. The fourth-order valence-corrected chi connectivity index (χ4v) is 2.41. The van der Waals surface area contributed by atoms with Gasteiger partial charge in [0.25, 0.3) is 5.91 Å². The van der Waals surface area contributed by atoms with Gasteiger partial charge in [-0.15, -0.1) is 0 Å². The van der Waals surface area contributed by atoms with Gasteiger partial charge in [0.05, 0.1) is 12.1 Å². The van der Waals surface area contributed by atoms with Crippen LogP contribution in [0.1, 0.15) is 40.8 Å². The highest BCUT2D eigenvalue weighted by molar-refractivity contribution is 5.94. The second kappa shape index (κ2) is 7.00. The van der Waals surface area contributed by atoms with Gasteiger partial charge in [-0.25, -0.2) is 13.2 Å². The Hall–Kier alpha value is -2.42. The van der Waals surface area contributed by atoms with Crippen molar-refractivity contribution in [3.8, 4) is 0 Å². The molecular formula is C15H14F3N3O3. The summed E-state index contributed by atoms with van der Waals surface area (Å²) in [6.45, 7) is 1.11. The van der Waals surface area contributed by atoms with Gasteiger partial charge in [0, 0.05) is 19.1 Å². The number of nitrogens with one attached hydrogen (secondary N) is 1. The van der Waals surface area contributed by atoms with Crippen LogP contribution in [0.4, 0.5) is 13.2 Å². The third kappa shape index (κ3) is 3.40. The van der Waals surface area contributed by atoms with E-state index in [0.29, 0.717) is 25.1 Å². The van der Waals surface area contributed by atoms with Gasteiger partial charge in [0.1, 0.15) is 0 Å². The molecule has 128 valence electrons. The second-order valence-corrected chi connectivity index (χ2v) is 5.34. The third-order valence-corrected chi connectivity index (χ3v) is 3.75. The summed E-state index contributed by atoms with van der Waals surface area (Å²) in [6.07, 6.45) is 1.57. The molecule has 1 saturated heterocycles. The van der Waals surface area contributed by atoms with E-state index in [9.17, 15) is 18.0 Å². The van der Waals surface area contributed by atoms with Crippen molar-refractivity contribution >= 4 is 5.91 Å². The van der Waals surface area contributed by atoms with Crippen LogP contribution < -0.4 is 5.32 Å². The topological polar surface area (TPSA) is 77.2 Å². The van der Waals surface area contributed by atoms with E-state index in [4.69, 9.17) is 9.26 Å². The number of carbonyl (C=O) groups excluding carboxylic acids is 1. The molecule has 1 aromatic heterocycles. The molecule has 3 rings (SSSR count). The molecule has 1 aliphatic rings. The lowest BCUT2D eigenvalue weighted by molar-refractivity contribution is 0.0830. The molecule has 2 heterocycles. The Morgan fingerprint density at radius 3 is 2.71 bits per heavy atom. The molecule has 1 aliphatic heterocycles. The zero-order chi connectivity index (χ0) is 17.1. The minimum Gasteiger partial charge on any atom is -0.381 e. The van der Waals surface area contributed by atoms with Gasteiger partial charge in [-0.1, -0.05) is 5.16 Å². The largest absolute Gasteiger partial charge is 0.381 e. The maximum absolute atomic E-state index is 13.5. The van der Waals surface area contributed by atoms with E-state index < -0.39 is 28.9 Å². The normalized spacial score (nSPS) is 15.5. The van der Waals surface area contributed by atoms with Crippen molar-refractivity contribution in [3.63, 3.8) is 0 Å². The van der Waals surface area contributed by atoms with E-state index in [-0.39, 0.29) is 18.4 Å². The number of aromatic nitrogens is 2. The number of carbonyl (C=O) groups is 1. The van der Waals surface area contributed by atoms with Crippen LogP contribution in [-0.4, -0.2) is 29.3 Å². The van der Waals surface area contributed by atoms with E-state index in [0.717, 1.165) is 18.9 Å². The Morgan fingerprint density at radius 1 is 1.21 bits per heavy atom.